The fraction of sp³-hybridized carbons (Fsp3) is 0.625. The third kappa shape index (κ3) is 2.36. The van der Waals surface area contributed by atoms with Crippen LogP contribution in [0.5, 0.6) is 0 Å². The predicted octanol–water partition coefficient (Wildman–Crippen LogP) is 1.29. The maximum atomic E-state index is 13.0. The summed E-state index contributed by atoms with van der Waals surface area (Å²) < 4.78 is 0. The summed E-state index contributed by atoms with van der Waals surface area (Å²) >= 11 is 0. The van der Waals surface area contributed by atoms with E-state index in [0.717, 1.165) is 18.5 Å². The van der Waals surface area contributed by atoms with Crippen molar-refractivity contribution in [1.29, 1.82) is 0 Å². The van der Waals surface area contributed by atoms with E-state index in [1.807, 2.05) is 25.8 Å². The Morgan fingerprint density at radius 3 is 2.91 bits per heavy atom. The molecule has 0 bridgehead atoms. The Bertz CT molecular complexity index is 602. The summed E-state index contributed by atoms with van der Waals surface area (Å²) in [6.07, 6.45) is 4.84. The highest BCUT2D eigenvalue weighted by molar-refractivity contribution is 5.96. The second-order valence-electron chi connectivity index (χ2n) is 6.51. The maximum Gasteiger partial charge on any atom is 0.257 e. The van der Waals surface area contributed by atoms with Crippen molar-refractivity contribution in [3.63, 3.8) is 0 Å². The number of hydrogen-bond acceptors (Lipinski definition) is 4. The van der Waals surface area contributed by atoms with Gasteiger partial charge in [-0.1, -0.05) is 13.8 Å². The molecule has 2 atom stereocenters. The minimum Gasteiger partial charge on any atom is -0.343 e. The Hall–Kier alpha value is -1.98. The van der Waals surface area contributed by atoms with Gasteiger partial charge in [-0.05, 0) is 18.8 Å². The van der Waals surface area contributed by atoms with Crippen LogP contribution in [0.2, 0.25) is 0 Å². The minimum atomic E-state index is -0.0465. The van der Waals surface area contributed by atoms with Gasteiger partial charge in [-0.15, -0.1) is 0 Å². The van der Waals surface area contributed by atoms with Crippen molar-refractivity contribution in [2.75, 3.05) is 20.1 Å². The lowest BCUT2D eigenvalue weighted by Crippen LogP contribution is -2.49. The zero-order valence-corrected chi connectivity index (χ0v) is 13.3. The van der Waals surface area contributed by atoms with Crippen LogP contribution in [0.1, 0.15) is 48.7 Å². The molecule has 2 aliphatic heterocycles. The molecule has 0 aromatic carbocycles. The molecule has 3 heterocycles. The topological polar surface area (TPSA) is 66.4 Å². The number of carbonyl (C=O) groups is 2. The van der Waals surface area contributed by atoms with Gasteiger partial charge in [-0.3, -0.25) is 9.59 Å². The lowest BCUT2D eigenvalue weighted by molar-refractivity contribution is -0.130. The molecule has 118 valence electrons. The summed E-state index contributed by atoms with van der Waals surface area (Å²) in [6.45, 7) is 5.36. The fourth-order valence-electron chi connectivity index (χ4n) is 3.60. The Morgan fingerprint density at radius 2 is 2.18 bits per heavy atom. The van der Waals surface area contributed by atoms with E-state index in [4.69, 9.17) is 0 Å². The second kappa shape index (κ2) is 5.66. The van der Waals surface area contributed by atoms with Gasteiger partial charge < -0.3 is 9.80 Å². The zero-order valence-electron chi connectivity index (χ0n) is 13.3. The third-order valence-electron chi connectivity index (χ3n) is 4.71. The summed E-state index contributed by atoms with van der Waals surface area (Å²) in [5.74, 6) is 0.239. The van der Waals surface area contributed by atoms with Crippen LogP contribution in [0.4, 0.5) is 0 Å². The Morgan fingerprint density at radius 1 is 1.41 bits per heavy atom. The van der Waals surface area contributed by atoms with Crippen LogP contribution in [0.25, 0.3) is 0 Å². The number of piperidine rings is 1. The molecular formula is C16H22N4O2. The van der Waals surface area contributed by atoms with Crippen LogP contribution >= 0.6 is 0 Å². The van der Waals surface area contributed by atoms with E-state index in [1.165, 1.54) is 6.33 Å². The highest BCUT2D eigenvalue weighted by Crippen LogP contribution is 2.32. The van der Waals surface area contributed by atoms with Gasteiger partial charge in [0, 0.05) is 26.3 Å². The number of carbonyl (C=O) groups excluding carboxylic acids is 2. The number of rotatable bonds is 2. The molecule has 0 radical (unpaired) electrons. The molecule has 1 aromatic rings. The van der Waals surface area contributed by atoms with Crippen molar-refractivity contribution in [3.8, 4) is 0 Å². The van der Waals surface area contributed by atoms with Gasteiger partial charge in [0.05, 0.1) is 23.2 Å². The molecule has 1 aromatic heterocycles. The highest BCUT2D eigenvalue weighted by Gasteiger charge is 2.45. The van der Waals surface area contributed by atoms with Crippen molar-refractivity contribution in [2.45, 2.75) is 38.6 Å². The largest absolute Gasteiger partial charge is 0.343 e. The van der Waals surface area contributed by atoms with Gasteiger partial charge in [0.2, 0.25) is 5.91 Å². The lowest BCUT2D eigenvalue weighted by atomic mass is 9.90. The predicted molar refractivity (Wildman–Crippen MR) is 81.3 cm³/mol. The van der Waals surface area contributed by atoms with Gasteiger partial charge in [0.15, 0.2) is 0 Å². The zero-order chi connectivity index (χ0) is 15.9. The molecular weight excluding hydrogens is 280 g/mol. The first-order valence-electron chi connectivity index (χ1n) is 7.86. The van der Waals surface area contributed by atoms with Crippen LogP contribution in [0.3, 0.4) is 0 Å². The number of nitrogens with zero attached hydrogens (tertiary/aromatic N) is 4. The van der Waals surface area contributed by atoms with Crippen LogP contribution in [-0.2, 0) is 4.79 Å². The number of likely N-dealkylation sites (N-methyl/N-ethyl adjacent to an activating group) is 1. The third-order valence-corrected chi connectivity index (χ3v) is 4.71. The van der Waals surface area contributed by atoms with Crippen molar-refractivity contribution in [1.82, 2.24) is 19.8 Å². The van der Waals surface area contributed by atoms with Gasteiger partial charge in [-0.2, -0.15) is 0 Å². The van der Waals surface area contributed by atoms with Crippen molar-refractivity contribution < 1.29 is 9.59 Å². The molecule has 0 saturated carbocycles. The quantitative estimate of drug-likeness (QED) is 0.826. The van der Waals surface area contributed by atoms with Crippen molar-refractivity contribution in [2.24, 2.45) is 5.92 Å². The molecule has 2 saturated heterocycles. The standard InChI is InChI=1S/C16H22N4O2/c1-10(2)14-12(7-17-9-18-14)16(22)20-6-4-5-11-13(20)8-19(3)15(11)21/h7,9-11,13H,4-6,8H2,1-3H3/t11-,13-/m1/s1. The molecule has 22 heavy (non-hydrogen) atoms. The summed E-state index contributed by atoms with van der Waals surface area (Å²) in [5, 5.41) is 0. The number of likely N-dealkylation sites (tertiary alicyclic amines) is 2. The fourth-order valence-corrected chi connectivity index (χ4v) is 3.60. The smallest absolute Gasteiger partial charge is 0.257 e. The Kier molecular flexibility index (Phi) is 3.85. The normalized spacial score (nSPS) is 24.8. The molecule has 0 aliphatic carbocycles. The SMILES string of the molecule is CC(C)c1ncncc1C(=O)N1CCC[C@H]2C(=O)N(C)C[C@H]21. The molecule has 2 fully saturated rings. The molecule has 3 rings (SSSR count). The van der Waals surface area contributed by atoms with Crippen molar-refractivity contribution >= 4 is 11.8 Å². The summed E-state index contributed by atoms with van der Waals surface area (Å²) in [6, 6.07) is -0.0148. The molecule has 2 aliphatic rings. The number of amides is 2. The number of hydrogen-bond donors (Lipinski definition) is 0. The monoisotopic (exact) mass is 302 g/mol. The maximum absolute atomic E-state index is 13.0. The van der Waals surface area contributed by atoms with Gasteiger partial charge >= 0.3 is 0 Å². The molecule has 2 amide bonds. The van der Waals surface area contributed by atoms with Crippen molar-refractivity contribution in [3.05, 3.63) is 23.8 Å². The van der Waals surface area contributed by atoms with E-state index in [-0.39, 0.29) is 29.7 Å². The van der Waals surface area contributed by atoms with Gasteiger partial charge in [-0.25, -0.2) is 9.97 Å². The summed E-state index contributed by atoms with van der Waals surface area (Å²) in [5.41, 5.74) is 1.35. The minimum absolute atomic E-state index is 0.0148. The van der Waals surface area contributed by atoms with E-state index >= 15 is 0 Å². The average Bonchev–Trinajstić information content (AvgIpc) is 2.81. The van der Waals surface area contributed by atoms with E-state index in [1.54, 1.807) is 11.1 Å². The van der Waals surface area contributed by atoms with Crippen LogP contribution in [0, 0.1) is 5.92 Å². The van der Waals surface area contributed by atoms with E-state index in [2.05, 4.69) is 9.97 Å². The first-order chi connectivity index (χ1) is 10.5. The molecule has 0 N–H and O–H groups in total. The summed E-state index contributed by atoms with van der Waals surface area (Å²) in [4.78, 5) is 37.1. The molecule has 0 unspecified atom stereocenters. The van der Waals surface area contributed by atoms with E-state index < -0.39 is 0 Å². The van der Waals surface area contributed by atoms with E-state index in [9.17, 15) is 9.59 Å². The highest BCUT2D eigenvalue weighted by atomic mass is 16.2. The lowest BCUT2D eigenvalue weighted by Gasteiger charge is -2.36. The number of fused-ring (bicyclic) bond motifs is 1. The second-order valence-corrected chi connectivity index (χ2v) is 6.51. The summed E-state index contributed by atoms with van der Waals surface area (Å²) in [7, 11) is 1.81. The Labute approximate surface area is 130 Å². The van der Waals surface area contributed by atoms with Gasteiger partial charge in [0.25, 0.3) is 5.91 Å². The average molecular weight is 302 g/mol. The van der Waals surface area contributed by atoms with E-state index in [0.29, 0.717) is 18.7 Å². The molecule has 6 nitrogen and oxygen atoms in total. The van der Waals surface area contributed by atoms with Crippen LogP contribution < -0.4 is 0 Å². The number of aromatic nitrogens is 2. The first-order valence-corrected chi connectivity index (χ1v) is 7.86. The Balaban J connectivity index is 1.91. The van der Waals surface area contributed by atoms with Crippen LogP contribution in [0.15, 0.2) is 12.5 Å². The molecule has 6 heteroatoms. The van der Waals surface area contributed by atoms with Gasteiger partial charge in [0.1, 0.15) is 6.33 Å². The van der Waals surface area contributed by atoms with Crippen LogP contribution in [-0.4, -0.2) is 57.8 Å². The molecule has 0 spiro atoms. The first kappa shape index (κ1) is 14.9.